The van der Waals surface area contributed by atoms with Crippen LogP contribution in [0.15, 0.2) is 48.7 Å². The summed E-state index contributed by atoms with van der Waals surface area (Å²) in [6.07, 6.45) is 6.47. The van der Waals surface area contributed by atoms with Crippen LogP contribution in [-0.4, -0.2) is 39.0 Å². The summed E-state index contributed by atoms with van der Waals surface area (Å²) in [5.41, 5.74) is 1.95. The maximum absolute atomic E-state index is 13.4. The molecule has 2 heterocycles. The molecule has 9 heteroatoms. The maximum atomic E-state index is 13.4. The van der Waals surface area contributed by atoms with Gasteiger partial charge < -0.3 is 10.6 Å². The zero-order chi connectivity index (χ0) is 24.2. The van der Waals surface area contributed by atoms with Crippen molar-refractivity contribution in [1.29, 1.82) is 0 Å². The minimum absolute atomic E-state index is 0.206. The van der Waals surface area contributed by atoms with Crippen LogP contribution in [0.5, 0.6) is 0 Å². The van der Waals surface area contributed by atoms with E-state index in [0.717, 1.165) is 67.0 Å². The van der Waals surface area contributed by atoms with E-state index in [9.17, 15) is 14.0 Å². The Balaban J connectivity index is 1.06. The number of nitrogens with one attached hydrogen (secondary N) is 3. The molecule has 1 atom stereocenters. The molecule has 1 aromatic heterocycles. The van der Waals surface area contributed by atoms with E-state index in [1.54, 1.807) is 18.3 Å². The first-order valence-corrected chi connectivity index (χ1v) is 12.9. The summed E-state index contributed by atoms with van der Waals surface area (Å²) < 4.78 is 13.4. The molecule has 35 heavy (non-hydrogen) atoms. The standard InChI is InChI=1S/C26H28FN5O2S/c27-20-6-5-18-11-17(1-4-19(18)12-20)15-28-14-16-2-7-21(8-3-16)30-25-29-10-9-22(31-25)13-23-24(33)32-26(34)35-23/h1,4-6,9-12,16,21,23,28H,2-3,7-8,13-15H2,(H,29,30,31)(H,32,33,34). The Bertz CT molecular complexity index is 1230. The lowest BCUT2D eigenvalue weighted by Crippen LogP contribution is -2.31. The average Bonchev–Trinajstić information content (AvgIpc) is 3.16. The van der Waals surface area contributed by atoms with Crippen molar-refractivity contribution in [2.45, 2.75) is 49.9 Å². The summed E-state index contributed by atoms with van der Waals surface area (Å²) in [4.78, 5) is 32.1. The van der Waals surface area contributed by atoms with Crippen LogP contribution >= 0.6 is 11.8 Å². The number of halogens is 1. The minimum Gasteiger partial charge on any atom is -0.351 e. The van der Waals surface area contributed by atoms with Crippen molar-refractivity contribution >= 4 is 39.6 Å². The van der Waals surface area contributed by atoms with Crippen molar-refractivity contribution in [3.63, 3.8) is 0 Å². The summed E-state index contributed by atoms with van der Waals surface area (Å²) >= 11 is 1.02. The van der Waals surface area contributed by atoms with Gasteiger partial charge in [-0.3, -0.25) is 14.9 Å². The van der Waals surface area contributed by atoms with Gasteiger partial charge >= 0.3 is 0 Å². The van der Waals surface area contributed by atoms with Crippen molar-refractivity contribution < 1.29 is 14.0 Å². The van der Waals surface area contributed by atoms with Gasteiger partial charge in [0.1, 0.15) is 5.82 Å². The number of thioether (sulfide) groups is 1. The number of benzene rings is 2. The fourth-order valence-corrected chi connectivity index (χ4v) is 5.63. The zero-order valence-electron chi connectivity index (χ0n) is 19.3. The Morgan fingerprint density at radius 1 is 1.03 bits per heavy atom. The number of carbonyl (C=O) groups excluding carboxylic acids is 2. The predicted molar refractivity (Wildman–Crippen MR) is 136 cm³/mol. The Kier molecular flexibility index (Phi) is 7.24. The molecule has 1 aliphatic carbocycles. The number of rotatable bonds is 8. The molecule has 3 N–H and O–H groups in total. The number of nitrogens with zero attached hydrogens (tertiary/aromatic N) is 2. The van der Waals surface area contributed by atoms with Crippen molar-refractivity contribution in [3.8, 4) is 0 Å². The topological polar surface area (TPSA) is 96.0 Å². The second-order valence-corrected chi connectivity index (χ2v) is 10.5. The zero-order valence-corrected chi connectivity index (χ0v) is 20.1. The van der Waals surface area contributed by atoms with E-state index in [0.29, 0.717) is 24.3 Å². The molecule has 182 valence electrons. The van der Waals surface area contributed by atoms with Gasteiger partial charge in [0.2, 0.25) is 11.9 Å². The fraction of sp³-hybridized carbons (Fsp3) is 0.385. The van der Waals surface area contributed by atoms with Gasteiger partial charge in [-0.15, -0.1) is 0 Å². The first-order valence-electron chi connectivity index (χ1n) is 12.0. The molecule has 3 aromatic rings. The van der Waals surface area contributed by atoms with E-state index < -0.39 is 5.25 Å². The normalized spacial score (nSPS) is 22.4. The molecule has 2 aliphatic rings. The lowest BCUT2D eigenvalue weighted by molar-refractivity contribution is -0.118. The lowest BCUT2D eigenvalue weighted by Gasteiger charge is -2.29. The monoisotopic (exact) mass is 493 g/mol. The Hall–Kier alpha value is -3.04. The minimum atomic E-state index is -0.425. The van der Waals surface area contributed by atoms with Crippen molar-refractivity contribution in [1.82, 2.24) is 20.6 Å². The van der Waals surface area contributed by atoms with E-state index >= 15 is 0 Å². The maximum Gasteiger partial charge on any atom is 0.286 e. The first kappa shape index (κ1) is 23.7. The summed E-state index contributed by atoms with van der Waals surface area (Å²) in [5, 5.41) is 10.6. The van der Waals surface area contributed by atoms with Gasteiger partial charge in [-0.05, 0) is 78.7 Å². The number of fused-ring (bicyclic) bond motifs is 1. The highest BCUT2D eigenvalue weighted by Crippen LogP contribution is 2.26. The van der Waals surface area contributed by atoms with Crippen LogP contribution in [0.25, 0.3) is 10.8 Å². The number of imide groups is 1. The highest BCUT2D eigenvalue weighted by atomic mass is 32.2. The average molecular weight is 494 g/mol. The third kappa shape index (κ3) is 6.15. The van der Waals surface area contributed by atoms with Gasteiger partial charge in [-0.1, -0.05) is 30.0 Å². The van der Waals surface area contributed by atoms with Gasteiger partial charge in [0.25, 0.3) is 5.24 Å². The Morgan fingerprint density at radius 2 is 1.83 bits per heavy atom. The first-order chi connectivity index (χ1) is 17.0. The summed E-state index contributed by atoms with van der Waals surface area (Å²) in [7, 11) is 0. The third-order valence-corrected chi connectivity index (χ3v) is 7.66. The molecule has 2 amide bonds. The van der Waals surface area contributed by atoms with Crippen LogP contribution in [0.2, 0.25) is 0 Å². The van der Waals surface area contributed by atoms with E-state index in [1.807, 2.05) is 12.1 Å². The number of anilines is 1. The van der Waals surface area contributed by atoms with Crippen molar-refractivity contribution in [2.75, 3.05) is 11.9 Å². The van der Waals surface area contributed by atoms with Crippen LogP contribution in [0.3, 0.4) is 0 Å². The number of amides is 2. The van der Waals surface area contributed by atoms with Crippen molar-refractivity contribution in [2.24, 2.45) is 5.92 Å². The Labute approximate surface area is 207 Å². The molecule has 0 radical (unpaired) electrons. The summed E-state index contributed by atoms with van der Waals surface area (Å²) in [6, 6.07) is 13.2. The van der Waals surface area contributed by atoms with Crippen molar-refractivity contribution in [3.05, 3.63) is 65.7 Å². The number of carbonyl (C=O) groups is 2. The van der Waals surface area contributed by atoms with Gasteiger partial charge in [-0.2, -0.15) is 0 Å². The SMILES string of the molecule is O=C1NC(=O)C(Cc2ccnc(NC3CCC(CNCc4ccc5cc(F)ccc5c4)CC3)n2)S1. The molecular formula is C26H28FN5O2S. The molecule has 1 saturated heterocycles. The molecule has 7 nitrogen and oxygen atoms in total. The van der Waals surface area contributed by atoms with Crippen LogP contribution in [0.4, 0.5) is 15.1 Å². The van der Waals surface area contributed by atoms with E-state index in [1.165, 1.54) is 11.6 Å². The van der Waals surface area contributed by atoms with Crippen LogP contribution in [-0.2, 0) is 17.8 Å². The van der Waals surface area contributed by atoms with Gasteiger partial charge in [0.05, 0.1) is 5.25 Å². The second kappa shape index (κ2) is 10.7. The predicted octanol–water partition coefficient (Wildman–Crippen LogP) is 4.42. The van der Waals surface area contributed by atoms with Crippen LogP contribution in [0, 0.1) is 11.7 Å². The highest BCUT2D eigenvalue weighted by Gasteiger charge is 2.32. The molecule has 1 unspecified atom stereocenters. The van der Waals surface area contributed by atoms with Gasteiger partial charge in [0, 0.05) is 30.9 Å². The molecule has 1 aliphatic heterocycles. The van der Waals surface area contributed by atoms with Gasteiger partial charge in [-0.25, -0.2) is 14.4 Å². The van der Waals surface area contributed by atoms with Crippen LogP contribution in [0.1, 0.15) is 36.9 Å². The van der Waals surface area contributed by atoms with E-state index in [2.05, 4.69) is 38.1 Å². The van der Waals surface area contributed by atoms with E-state index in [4.69, 9.17) is 0 Å². The quantitative estimate of drug-likeness (QED) is 0.427. The van der Waals surface area contributed by atoms with E-state index in [-0.39, 0.29) is 17.0 Å². The molecule has 2 fully saturated rings. The fourth-order valence-electron chi connectivity index (χ4n) is 4.79. The number of hydrogen-bond donors (Lipinski definition) is 3. The summed E-state index contributed by atoms with van der Waals surface area (Å²) in [5.74, 6) is 0.749. The molecule has 1 saturated carbocycles. The van der Waals surface area contributed by atoms with Gasteiger partial charge in [0.15, 0.2) is 0 Å². The Morgan fingerprint density at radius 3 is 2.63 bits per heavy atom. The number of hydrogen-bond acceptors (Lipinski definition) is 7. The second-order valence-electron chi connectivity index (χ2n) is 9.28. The molecular weight excluding hydrogens is 465 g/mol. The summed E-state index contributed by atoms with van der Waals surface area (Å²) in [6.45, 7) is 1.77. The smallest absolute Gasteiger partial charge is 0.286 e. The molecule has 2 aromatic carbocycles. The number of aromatic nitrogens is 2. The lowest BCUT2D eigenvalue weighted by atomic mass is 9.86. The highest BCUT2D eigenvalue weighted by molar-refractivity contribution is 8.15. The molecule has 0 spiro atoms. The molecule has 5 rings (SSSR count). The largest absolute Gasteiger partial charge is 0.351 e. The third-order valence-electron chi connectivity index (χ3n) is 6.68. The molecule has 0 bridgehead atoms. The van der Waals surface area contributed by atoms with Crippen LogP contribution < -0.4 is 16.0 Å².